The highest BCUT2D eigenvalue weighted by molar-refractivity contribution is 6.31. The molecule has 5 nitrogen and oxygen atoms in total. The van der Waals surface area contributed by atoms with Crippen molar-refractivity contribution in [3.05, 3.63) is 46.1 Å². The van der Waals surface area contributed by atoms with Gasteiger partial charge in [0.25, 0.3) is 0 Å². The van der Waals surface area contributed by atoms with E-state index in [9.17, 15) is 9.90 Å². The number of pyridine rings is 1. The first kappa shape index (κ1) is 14.8. The van der Waals surface area contributed by atoms with Crippen LogP contribution in [0.25, 0.3) is 11.3 Å². The lowest BCUT2D eigenvalue weighted by Gasteiger charge is -2.25. The highest BCUT2D eigenvalue weighted by Gasteiger charge is 2.28. The summed E-state index contributed by atoms with van der Waals surface area (Å²) in [6.07, 6.45) is -1.19. The summed E-state index contributed by atoms with van der Waals surface area (Å²) in [6, 6.07) is 6.64. The van der Waals surface area contributed by atoms with Crippen LogP contribution < -0.4 is 4.74 Å². The zero-order valence-corrected chi connectivity index (χ0v) is 12.8. The predicted molar refractivity (Wildman–Crippen MR) is 81.0 cm³/mol. The number of aromatic nitrogens is 1. The zero-order valence-electron chi connectivity index (χ0n) is 12.1. The SMILES string of the molecule is CCOC(=O)c1cc2c(nc1C)-c1cc(Cl)ccc1OC2O. The van der Waals surface area contributed by atoms with Crippen LogP contribution in [0.3, 0.4) is 0 Å². The number of halogens is 1. The number of esters is 1. The molecule has 0 fully saturated rings. The number of ether oxygens (including phenoxy) is 2. The molecule has 0 radical (unpaired) electrons. The number of hydrogen-bond acceptors (Lipinski definition) is 5. The minimum Gasteiger partial charge on any atom is -0.462 e. The molecule has 0 aliphatic carbocycles. The third kappa shape index (κ3) is 2.42. The lowest BCUT2D eigenvalue weighted by molar-refractivity contribution is -0.0217. The third-order valence-corrected chi connectivity index (χ3v) is 3.67. The second-order valence-corrected chi connectivity index (χ2v) is 5.33. The van der Waals surface area contributed by atoms with Crippen LogP contribution in [-0.2, 0) is 4.74 Å². The Morgan fingerprint density at radius 1 is 1.45 bits per heavy atom. The van der Waals surface area contributed by atoms with Crippen molar-refractivity contribution in [1.82, 2.24) is 4.98 Å². The van der Waals surface area contributed by atoms with Gasteiger partial charge in [-0.2, -0.15) is 0 Å². The second-order valence-electron chi connectivity index (χ2n) is 4.89. The summed E-state index contributed by atoms with van der Waals surface area (Å²) < 4.78 is 10.5. The molecule has 0 saturated heterocycles. The summed E-state index contributed by atoms with van der Waals surface area (Å²) in [5.74, 6) is 0.0274. The molecule has 1 aromatic carbocycles. The van der Waals surface area contributed by atoms with Crippen LogP contribution in [0.1, 0.15) is 34.8 Å². The number of nitrogens with zero attached hydrogens (tertiary/aromatic N) is 1. The lowest BCUT2D eigenvalue weighted by Crippen LogP contribution is -2.17. The van der Waals surface area contributed by atoms with Gasteiger partial charge in [0, 0.05) is 16.1 Å². The van der Waals surface area contributed by atoms with Crippen LogP contribution in [0.2, 0.25) is 5.02 Å². The van der Waals surface area contributed by atoms with Crippen LogP contribution >= 0.6 is 11.6 Å². The van der Waals surface area contributed by atoms with Gasteiger partial charge in [0.05, 0.1) is 23.6 Å². The molecule has 3 rings (SSSR count). The van der Waals surface area contributed by atoms with Gasteiger partial charge in [0.1, 0.15) is 5.75 Å². The molecule has 0 amide bonds. The highest BCUT2D eigenvalue weighted by atomic mass is 35.5. The average Bonchev–Trinajstić information content (AvgIpc) is 2.48. The molecule has 0 spiro atoms. The molecule has 1 aromatic heterocycles. The Kier molecular flexibility index (Phi) is 3.76. The maximum Gasteiger partial charge on any atom is 0.339 e. The fraction of sp³-hybridized carbons (Fsp3) is 0.250. The molecule has 0 saturated carbocycles. The largest absolute Gasteiger partial charge is 0.462 e. The van der Waals surface area contributed by atoms with Gasteiger partial charge < -0.3 is 14.6 Å². The molecule has 22 heavy (non-hydrogen) atoms. The van der Waals surface area contributed by atoms with E-state index < -0.39 is 12.3 Å². The number of aliphatic hydroxyl groups excluding tert-OH is 1. The number of hydrogen-bond donors (Lipinski definition) is 1. The molecule has 0 bridgehead atoms. The predicted octanol–water partition coefficient (Wildman–Crippen LogP) is 3.27. The lowest BCUT2D eigenvalue weighted by atomic mass is 9.99. The molecule has 2 aromatic rings. The first-order chi connectivity index (χ1) is 10.5. The Bertz CT molecular complexity index is 760. The van der Waals surface area contributed by atoms with Gasteiger partial charge in [0.15, 0.2) is 0 Å². The molecule has 1 atom stereocenters. The Labute approximate surface area is 132 Å². The Hall–Kier alpha value is -2.11. The molecule has 114 valence electrons. The fourth-order valence-corrected chi connectivity index (χ4v) is 2.59. The fourth-order valence-electron chi connectivity index (χ4n) is 2.41. The number of carbonyl (C=O) groups is 1. The average molecular weight is 320 g/mol. The van der Waals surface area contributed by atoms with E-state index in [4.69, 9.17) is 21.1 Å². The first-order valence-electron chi connectivity index (χ1n) is 6.84. The molecule has 1 aliphatic heterocycles. The van der Waals surface area contributed by atoms with Crippen LogP contribution in [0.5, 0.6) is 5.75 Å². The zero-order chi connectivity index (χ0) is 15.9. The van der Waals surface area contributed by atoms with E-state index in [0.29, 0.717) is 38.9 Å². The number of fused-ring (bicyclic) bond motifs is 3. The van der Waals surface area contributed by atoms with Gasteiger partial charge in [-0.25, -0.2) is 4.79 Å². The number of benzene rings is 1. The van der Waals surface area contributed by atoms with Gasteiger partial charge in [-0.1, -0.05) is 11.6 Å². The van der Waals surface area contributed by atoms with Crippen molar-refractivity contribution in [3.63, 3.8) is 0 Å². The van der Waals surface area contributed by atoms with Crippen molar-refractivity contribution in [3.8, 4) is 17.0 Å². The number of carbonyl (C=O) groups excluding carboxylic acids is 1. The molecule has 2 heterocycles. The van der Waals surface area contributed by atoms with Crippen LogP contribution in [0.15, 0.2) is 24.3 Å². The maximum absolute atomic E-state index is 12.0. The van der Waals surface area contributed by atoms with Crippen molar-refractivity contribution in [1.29, 1.82) is 0 Å². The summed E-state index contributed by atoms with van der Waals surface area (Å²) in [7, 11) is 0. The molecule has 1 aliphatic rings. The molecule has 1 unspecified atom stereocenters. The van der Waals surface area contributed by atoms with Gasteiger partial charge >= 0.3 is 5.97 Å². The van der Waals surface area contributed by atoms with Crippen LogP contribution in [-0.4, -0.2) is 22.7 Å². The van der Waals surface area contributed by atoms with E-state index in [1.165, 1.54) is 0 Å². The van der Waals surface area contributed by atoms with Crippen molar-refractivity contribution < 1.29 is 19.4 Å². The van der Waals surface area contributed by atoms with Gasteiger partial charge in [-0.15, -0.1) is 0 Å². The minimum atomic E-state index is -1.19. The Balaban J connectivity index is 2.17. The van der Waals surface area contributed by atoms with Crippen molar-refractivity contribution in [2.75, 3.05) is 6.61 Å². The third-order valence-electron chi connectivity index (χ3n) is 3.44. The van der Waals surface area contributed by atoms with E-state index >= 15 is 0 Å². The van der Waals surface area contributed by atoms with Crippen molar-refractivity contribution in [2.24, 2.45) is 0 Å². The number of aryl methyl sites for hydroxylation is 1. The summed E-state index contributed by atoms with van der Waals surface area (Å²) in [4.78, 5) is 16.4. The quantitative estimate of drug-likeness (QED) is 0.860. The monoisotopic (exact) mass is 319 g/mol. The van der Waals surface area contributed by atoms with Gasteiger partial charge in [-0.3, -0.25) is 4.98 Å². The summed E-state index contributed by atoms with van der Waals surface area (Å²) in [6.45, 7) is 3.72. The summed E-state index contributed by atoms with van der Waals surface area (Å²) in [5.41, 5.74) is 2.50. The standard InChI is InChI=1S/C16H14ClNO4/c1-3-21-15(19)10-7-12-14(18-8(10)2)11-6-9(17)4-5-13(11)22-16(12)20/h4-7,16,20H,3H2,1-2H3. The van der Waals surface area contributed by atoms with Gasteiger partial charge in [0.2, 0.25) is 6.29 Å². The van der Waals surface area contributed by atoms with Crippen LogP contribution in [0, 0.1) is 6.92 Å². The van der Waals surface area contributed by atoms with Crippen molar-refractivity contribution >= 4 is 17.6 Å². The number of rotatable bonds is 2. The molecule has 6 heteroatoms. The summed E-state index contributed by atoms with van der Waals surface area (Å²) in [5, 5.41) is 10.7. The second kappa shape index (κ2) is 5.59. The molecular weight excluding hydrogens is 306 g/mol. The topological polar surface area (TPSA) is 68.7 Å². The van der Waals surface area contributed by atoms with E-state index in [-0.39, 0.29) is 6.61 Å². The minimum absolute atomic E-state index is 0.271. The normalized spacial score (nSPS) is 15.5. The van der Waals surface area contributed by atoms with Crippen LogP contribution in [0.4, 0.5) is 0 Å². The van der Waals surface area contributed by atoms with E-state index in [0.717, 1.165) is 0 Å². The summed E-state index contributed by atoms with van der Waals surface area (Å²) >= 11 is 6.02. The smallest absolute Gasteiger partial charge is 0.339 e. The Morgan fingerprint density at radius 2 is 2.23 bits per heavy atom. The van der Waals surface area contributed by atoms with E-state index in [2.05, 4.69) is 4.98 Å². The van der Waals surface area contributed by atoms with E-state index in [1.807, 2.05) is 0 Å². The van der Waals surface area contributed by atoms with Crippen molar-refractivity contribution in [2.45, 2.75) is 20.1 Å². The highest BCUT2D eigenvalue weighted by Crippen LogP contribution is 2.42. The Morgan fingerprint density at radius 3 is 2.95 bits per heavy atom. The van der Waals surface area contributed by atoms with Gasteiger partial charge in [-0.05, 0) is 38.1 Å². The maximum atomic E-state index is 12.0. The molecular formula is C16H14ClNO4. The van der Waals surface area contributed by atoms with E-state index in [1.54, 1.807) is 38.1 Å². The first-order valence-corrected chi connectivity index (χ1v) is 7.22. The number of aliphatic hydroxyl groups is 1. The molecule has 1 N–H and O–H groups in total.